The quantitative estimate of drug-likeness (QED) is 0.377. The highest BCUT2D eigenvalue weighted by atomic mass is 127. The normalized spacial score (nSPS) is 22.8. The Balaban J connectivity index is 0.00000243. The zero-order valence-corrected chi connectivity index (χ0v) is 19.3. The van der Waals surface area contributed by atoms with Gasteiger partial charge >= 0.3 is 0 Å². The lowest BCUT2D eigenvalue weighted by molar-refractivity contribution is 0.183. The lowest BCUT2D eigenvalue weighted by Gasteiger charge is -2.34. The first kappa shape index (κ1) is 21.8. The van der Waals surface area contributed by atoms with Crippen molar-refractivity contribution in [1.82, 2.24) is 15.5 Å². The van der Waals surface area contributed by atoms with Crippen LogP contribution >= 0.6 is 35.3 Å². The molecule has 2 N–H and O–H groups in total. The Labute approximate surface area is 179 Å². The molecule has 1 atom stereocenters. The van der Waals surface area contributed by atoms with Crippen molar-refractivity contribution >= 4 is 46.3 Å². The van der Waals surface area contributed by atoms with Crippen LogP contribution in [0.15, 0.2) is 22.5 Å². The van der Waals surface area contributed by atoms with E-state index < -0.39 is 0 Å². The van der Waals surface area contributed by atoms with Crippen molar-refractivity contribution in [2.45, 2.75) is 38.6 Å². The molecular weight excluding hydrogens is 457 g/mol. The van der Waals surface area contributed by atoms with Crippen molar-refractivity contribution in [1.29, 1.82) is 0 Å². The molecule has 1 unspecified atom stereocenters. The number of rotatable bonds is 5. The molecule has 1 aromatic rings. The van der Waals surface area contributed by atoms with E-state index in [9.17, 15) is 0 Å². The van der Waals surface area contributed by atoms with Crippen molar-refractivity contribution < 1.29 is 0 Å². The number of hydrogen-bond donors (Lipinski definition) is 2. The fourth-order valence-electron chi connectivity index (χ4n) is 3.93. The molecule has 0 amide bonds. The summed E-state index contributed by atoms with van der Waals surface area (Å²) in [6, 6.07) is 4.89. The molecule has 5 nitrogen and oxygen atoms in total. The van der Waals surface area contributed by atoms with Crippen LogP contribution in [0.1, 0.15) is 32.6 Å². The van der Waals surface area contributed by atoms with Gasteiger partial charge in [0.05, 0.1) is 5.00 Å². The van der Waals surface area contributed by atoms with Crippen LogP contribution in [-0.2, 0) is 0 Å². The van der Waals surface area contributed by atoms with E-state index in [1.54, 1.807) is 0 Å². The van der Waals surface area contributed by atoms with E-state index in [1.165, 1.54) is 50.3 Å². The van der Waals surface area contributed by atoms with Gasteiger partial charge in [-0.3, -0.25) is 4.99 Å². The molecule has 0 radical (unpaired) electrons. The molecule has 0 aromatic carbocycles. The van der Waals surface area contributed by atoms with Crippen LogP contribution in [0.3, 0.4) is 0 Å². The molecule has 0 saturated carbocycles. The smallest absolute Gasteiger partial charge is 0.191 e. The van der Waals surface area contributed by atoms with Crippen LogP contribution < -0.4 is 15.5 Å². The summed E-state index contributed by atoms with van der Waals surface area (Å²) in [5, 5.41) is 10.8. The van der Waals surface area contributed by atoms with E-state index in [1.807, 2.05) is 18.4 Å². The number of guanidine groups is 1. The Hall–Kier alpha value is -0.540. The summed E-state index contributed by atoms with van der Waals surface area (Å²) in [5.41, 5.74) is 0. The molecule has 2 saturated heterocycles. The van der Waals surface area contributed by atoms with Crippen LogP contribution in [0.5, 0.6) is 0 Å². The van der Waals surface area contributed by atoms with Crippen molar-refractivity contribution in [2.24, 2.45) is 10.9 Å². The van der Waals surface area contributed by atoms with Crippen molar-refractivity contribution in [2.75, 3.05) is 51.2 Å². The van der Waals surface area contributed by atoms with Gasteiger partial charge in [-0.2, -0.15) is 0 Å². The van der Waals surface area contributed by atoms with Gasteiger partial charge in [-0.1, -0.05) is 6.92 Å². The zero-order valence-electron chi connectivity index (χ0n) is 16.1. The number of piperidine rings is 2. The summed E-state index contributed by atoms with van der Waals surface area (Å²) in [7, 11) is 1.88. The minimum atomic E-state index is 0. The van der Waals surface area contributed by atoms with Gasteiger partial charge in [-0.05, 0) is 62.2 Å². The fraction of sp³-hybridized carbons (Fsp3) is 0.737. The van der Waals surface area contributed by atoms with Crippen LogP contribution in [-0.4, -0.2) is 63.2 Å². The van der Waals surface area contributed by atoms with E-state index in [2.05, 4.69) is 49.9 Å². The number of nitrogens with one attached hydrogen (secondary N) is 2. The van der Waals surface area contributed by atoms with Gasteiger partial charge in [0.2, 0.25) is 0 Å². The van der Waals surface area contributed by atoms with E-state index in [4.69, 9.17) is 0 Å². The molecule has 0 aliphatic carbocycles. The average Bonchev–Trinajstić information content (AvgIpc) is 3.20. The molecule has 0 bridgehead atoms. The van der Waals surface area contributed by atoms with Crippen molar-refractivity contribution in [3.8, 4) is 0 Å². The van der Waals surface area contributed by atoms with Gasteiger partial charge in [-0.25, -0.2) is 0 Å². The number of thiophene rings is 1. The Morgan fingerprint density at radius 2 is 2.08 bits per heavy atom. The van der Waals surface area contributed by atoms with Gasteiger partial charge in [0.15, 0.2) is 5.96 Å². The Kier molecular flexibility index (Phi) is 9.49. The van der Waals surface area contributed by atoms with Crippen LogP contribution in [0.4, 0.5) is 5.00 Å². The summed E-state index contributed by atoms with van der Waals surface area (Å²) in [6.45, 7) is 9.21. The van der Waals surface area contributed by atoms with E-state index in [0.29, 0.717) is 6.04 Å². The molecular formula is C19H34IN5S. The number of likely N-dealkylation sites (tertiary alicyclic amines) is 1. The second-order valence-electron chi connectivity index (χ2n) is 7.21. The van der Waals surface area contributed by atoms with Gasteiger partial charge < -0.3 is 20.4 Å². The number of anilines is 1. The van der Waals surface area contributed by atoms with E-state index >= 15 is 0 Å². The second kappa shape index (κ2) is 11.3. The van der Waals surface area contributed by atoms with Crippen LogP contribution in [0, 0.1) is 5.92 Å². The van der Waals surface area contributed by atoms with Crippen molar-refractivity contribution in [3.63, 3.8) is 0 Å². The molecule has 2 fully saturated rings. The largest absolute Gasteiger partial charge is 0.363 e. The predicted octanol–water partition coefficient (Wildman–Crippen LogP) is 3.23. The van der Waals surface area contributed by atoms with Crippen molar-refractivity contribution in [3.05, 3.63) is 17.5 Å². The molecule has 2 aliphatic heterocycles. The summed E-state index contributed by atoms with van der Waals surface area (Å²) < 4.78 is 0. The molecule has 3 rings (SSSR count). The minimum absolute atomic E-state index is 0. The van der Waals surface area contributed by atoms with Gasteiger partial charge in [0.25, 0.3) is 0 Å². The third-order valence-corrected chi connectivity index (χ3v) is 6.41. The first-order chi connectivity index (χ1) is 12.3. The maximum atomic E-state index is 4.44. The lowest BCUT2D eigenvalue weighted by Crippen LogP contribution is -2.50. The van der Waals surface area contributed by atoms with Crippen LogP contribution in [0.25, 0.3) is 0 Å². The van der Waals surface area contributed by atoms with E-state index in [-0.39, 0.29) is 24.0 Å². The number of aliphatic imine (C=N–C) groups is 1. The second-order valence-corrected chi connectivity index (χ2v) is 8.14. The first-order valence-electron chi connectivity index (χ1n) is 9.76. The molecule has 7 heteroatoms. The standard InChI is InChI=1S/C19H33N5S.HI/c1-3-23-10-4-6-16(15-23)14-21-19(20-2)22-17-8-11-24(12-9-17)18-7-5-13-25-18;/h5,7,13,16-17H,3-4,6,8-12,14-15H2,1-2H3,(H2,20,21,22);1H. The molecule has 0 spiro atoms. The molecule has 148 valence electrons. The summed E-state index contributed by atoms with van der Waals surface area (Å²) in [4.78, 5) is 9.51. The number of hydrogen-bond acceptors (Lipinski definition) is 4. The molecule has 26 heavy (non-hydrogen) atoms. The minimum Gasteiger partial charge on any atom is -0.363 e. The Bertz CT molecular complexity index is 528. The predicted molar refractivity (Wildman–Crippen MR) is 124 cm³/mol. The SMILES string of the molecule is CCN1CCCC(CNC(=NC)NC2CCN(c3cccs3)CC2)C1.I. The highest BCUT2D eigenvalue weighted by Crippen LogP contribution is 2.24. The number of halogens is 1. The number of nitrogens with zero attached hydrogens (tertiary/aromatic N) is 3. The maximum Gasteiger partial charge on any atom is 0.191 e. The Morgan fingerprint density at radius 1 is 1.27 bits per heavy atom. The first-order valence-corrected chi connectivity index (χ1v) is 10.6. The summed E-state index contributed by atoms with van der Waals surface area (Å²) in [6.07, 6.45) is 5.00. The lowest BCUT2D eigenvalue weighted by atomic mass is 9.98. The third kappa shape index (κ3) is 6.27. The summed E-state index contributed by atoms with van der Waals surface area (Å²) in [5.74, 6) is 1.72. The average molecular weight is 491 g/mol. The van der Waals surface area contributed by atoms with E-state index in [0.717, 1.165) is 31.5 Å². The highest BCUT2D eigenvalue weighted by molar-refractivity contribution is 14.0. The van der Waals surface area contributed by atoms with Gasteiger partial charge in [0, 0.05) is 39.3 Å². The molecule has 1 aromatic heterocycles. The maximum absolute atomic E-state index is 4.44. The fourth-order valence-corrected chi connectivity index (χ4v) is 4.71. The topological polar surface area (TPSA) is 42.9 Å². The van der Waals surface area contributed by atoms with Gasteiger partial charge in [0.1, 0.15) is 0 Å². The molecule has 3 heterocycles. The van der Waals surface area contributed by atoms with Gasteiger partial charge in [-0.15, -0.1) is 35.3 Å². The Morgan fingerprint density at radius 3 is 2.73 bits per heavy atom. The molecule has 2 aliphatic rings. The summed E-state index contributed by atoms with van der Waals surface area (Å²) >= 11 is 1.84. The third-order valence-electron chi connectivity index (χ3n) is 5.49. The zero-order chi connectivity index (χ0) is 17.5. The van der Waals surface area contributed by atoms with Crippen LogP contribution in [0.2, 0.25) is 0 Å². The highest BCUT2D eigenvalue weighted by Gasteiger charge is 2.22. The monoisotopic (exact) mass is 491 g/mol.